The van der Waals surface area contributed by atoms with E-state index in [2.05, 4.69) is 29.0 Å². The average molecular weight is 312 g/mol. The Labute approximate surface area is 132 Å². The van der Waals surface area contributed by atoms with E-state index < -0.39 is 0 Å². The summed E-state index contributed by atoms with van der Waals surface area (Å²) < 4.78 is 0. The molecule has 1 aromatic rings. The van der Waals surface area contributed by atoms with E-state index in [0.717, 1.165) is 25.1 Å². The van der Waals surface area contributed by atoms with Gasteiger partial charge in [0.25, 0.3) is 5.91 Å². The number of carbonyl (C=O) groups excluding carboxylic acids is 1. The van der Waals surface area contributed by atoms with Gasteiger partial charge < -0.3 is 10.2 Å². The first kappa shape index (κ1) is 17.9. The minimum Gasteiger partial charge on any atom is -0.348 e. The third kappa shape index (κ3) is 6.44. The zero-order valence-corrected chi connectivity index (χ0v) is 14.4. The van der Waals surface area contributed by atoms with Crippen LogP contribution in [0, 0.1) is 5.92 Å². The van der Waals surface area contributed by atoms with E-state index in [4.69, 9.17) is 11.6 Å². The summed E-state index contributed by atoms with van der Waals surface area (Å²) in [6, 6.07) is 3.56. The lowest BCUT2D eigenvalue weighted by molar-refractivity contribution is 0.0924. The molecule has 118 valence electrons. The van der Waals surface area contributed by atoms with Crippen molar-refractivity contribution in [1.82, 2.24) is 15.2 Å². The summed E-state index contributed by atoms with van der Waals surface area (Å²) >= 11 is 5.98. The molecule has 0 aliphatic carbocycles. The monoisotopic (exact) mass is 311 g/mol. The van der Waals surface area contributed by atoms with Crippen LogP contribution in [0.5, 0.6) is 0 Å². The van der Waals surface area contributed by atoms with Gasteiger partial charge in [-0.15, -0.1) is 0 Å². The lowest BCUT2D eigenvalue weighted by atomic mass is 10.0. The summed E-state index contributed by atoms with van der Waals surface area (Å²) in [5.74, 6) is 0.448. The summed E-state index contributed by atoms with van der Waals surface area (Å²) in [6.07, 6.45) is 1.71. The van der Waals surface area contributed by atoms with Crippen LogP contribution in [0.1, 0.15) is 43.2 Å². The van der Waals surface area contributed by atoms with Crippen LogP contribution in [0.2, 0.25) is 5.15 Å². The van der Waals surface area contributed by atoms with E-state index in [-0.39, 0.29) is 11.9 Å². The number of carbonyl (C=O) groups is 1. The number of aromatic nitrogens is 1. The normalized spacial score (nSPS) is 12.8. The van der Waals surface area contributed by atoms with E-state index in [1.54, 1.807) is 6.07 Å². The number of likely N-dealkylation sites (N-methyl/N-ethyl adjacent to an activating group) is 1. The minimum absolute atomic E-state index is 0.0819. The Balaban J connectivity index is 2.83. The zero-order valence-electron chi connectivity index (χ0n) is 13.6. The third-order valence-electron chi connectivity index (χ3n) is 3.15. The second kappa shape index (κ2) is 8.35. The molecule has 0 aromatic carbocycles. The van der Waals surface area contributed by atoms with Crippen LogP contribution < -0.4 is 5.32 Å². The number of hydrogen-bond acceptors (Lipinski definition) is 3. The molecule has 0 aliphatic rings. The lowest BCUT2D eigenvalue weighted by Crippen LogP contribution is -2.42. The molecule has 0 saturated heterocycles. The number of halogens is 1. The van der Waals surface area contributed by atoms with Crippen LogP contribution in [-0.2, 0) is 6.42 Å². The zero-order chi connectivity index (χ0) is 16.0. The number of rotatable bonds is 7. The quantitative estimate of drug-likeness (QED) is 0.787. The fourth-order valence-electron chi connectivity index (χ4n) is 2.32. The van der Waals surface area contributed by atoms with Gasteiger partial charge in [0.05, 0.1) is 0 Å². The molecular weight excluding hydrogens is 286 g/mol. The van der Waals surface area contributed by atoms with Crippen LogP contribution >= 0.6 is 11.6 Å². The molecule has 1 heterocycles. The maximum atomic E-state index is 12.4. The highest BCUT2D eigenvalue weighted by molar-refractivity contribution is 6.29. The van der Waals surface area contributed by atoms with Gasteiger partial charge in [0, 0.05) is 23.8 Å². The predicted octanol–water partition coefficient (Wildman–Crippen LogP) is 3.00. The Morgan fingerprint density at radius 2 is 2.05 bits per heavy atom. The average Bonchev–Trinajstić information content (AvgIpc) is 2.36. The Morgan fingerprint density at radius 1 is 1.38 bits per heavy atom. The second-order valence-electron chi connectivity index (χ2n) is 6.09. The molecular formula is C16H26ClN3O. The van der Waals surface area contributed by atoms with E-state index in [1.165, 1.54) is 0 Å². The van der Waals surface area contributed by atoms with E-state index in [1.807, 2.05) is 27.1 Å². The molecule has 1 unspecified atom stereocenters. The van der Waals surface area contributed by atoms with Crippen molar-refractivity contribution < 1.29 is 4.79 Å². The Hall–Kier alpha value is -1.13. The van der Waals surface area contributed by atoms with Crippen molar-refractivity contribution in [3.05, 3.63) is 28.5 Å². The van der Waals surface area contributed by atoms with Crippen molar-refractivity contribution >= 4 is 17.5 Å². The first-order valence-electron chi connectivity index (χ1n) is 7.43. The van der Waals surface area contributed by atoms with Gasteiger partial charge in [-0.25, -0.2) is 4.98 Å². The molecule has 0 spiro atoms. The van der Waals surface area contributed by atoms with Crippen LogP contribution in [-0.4, -0.2) is 42.5 Å². The lowest BCUT2D eigenvalue weighted by Gasteiger charge is -2.24. The molecule has 0 radical (unpaired) electrons. The highest BCUT2D eigenvalue weighted by Gasteiger charge is 2.17. The number of hydrogen-bond donors (Lipinski definition) is 1. The van der Waals surface area contributed by atoms with Gasteiger partial charge in [0.15, 0.2) is 0 Å². The van der Waals surface area contributed by atoms with Crippen molar-refractivity contribution in [1.29, 1.82) is 0 Å². The fourth-order valence-corrected chi connectivity index (χ4v) is 2.55. The first-order valence-corrected chi connectivity index (χ1v) is 7.81. The van der Waals surface area contributed by atoms with Gasteiger partial charge in [-0.1, -0.05) is 32.4 Å². The van der Waals surface area contributed by atoms with Crippen LogP contribution in [0.25, 0.3) is 0 Å². The van der Waals surface area contributed by atoms with E-state index >= 15 is 0 Å². The summed E-state index contributed by atoms with van der Waals surface area (Å²) in [5.41, 5.74) is 1.42. The summed E-state index contributed by atoms with van der Waals surface area (Å²) in [5, 5.41) is 3.48. The SMILES string of the molecule is CCc1cc(C(=O)NC(CC(C)C)CN(C)C)cc(Cl)n1. The number of aryl methyl sites for hydroxylation is 1. The molecule has 1 atom stereocenters. The van der Waals surface area contributed by atoms with Crippen molar-refractivity contribution in [2.45, 2.75) is 39.7 Å². The van der Waals surface area contributed by atoms with Crippen molar-refractivity contribution in [2.75, 3.05) is 20.6 Å². The Bertz CT molecular complexity index is 465. The Morgan fingerprint density at radius 3 is 2.57 bits per heavy atom. The number of nitrogens with zero attached hydrogens (tertiary/aromatic N) is 2. The topological polar surface area (TPSA) is 45.2 Å². The third-order valence-corrected chi connectivity index (χ3v) is 3.34. The molecule has 1 rings (SSSR count). The molecule has 4 nitrogen and oxygen atoms in total. The van der Waals surface area contributed by atoms with Crippen LogP contribution in [0.3, 0.4) is 0 Å². The van der Waals surface area contributed by atoms with Gasteiger partial charge in [-0.2, -0.15) is 0 Å². The molecule has 21 heavy (non-hydrogen) atoms. The molecule has 5 heteroatoms. The van der Waals surface area contributed by atoms with E-state index in [0.29, 0.717) is 16.6 Å². The summed E-state index contributed by atoms with van der Waals surface area (Å²) in [6.45, 7) is 7.14. The molecule has 0 aliphatic heterocycles. The predicted molar refractivity (Wildman–Crippen MR) is 87.9 cm³/mol. The van der Waals surface area contributed by atoms with Crippen molar-refractivity contribution in [2.24, 2.45) is 5.92 Å². The standard InChI is InChI=1S/C16H26ClN3O/c1-6-13-8-12(9-15(17)18-13)16(21)19-14(7-11(2)3)10-20(4)5/h8-9,11,14H,6-7,10H2,1-5H3,(H,19,21). The molecule has 1 N–H and O–H groups in total. The molecule has 1 amide bonds. The minimum atomic E-state index is -0.0819. The highest BCUT2D eigenvalue weighted by Crippen LogP contribution is 2.13. The van der Waals surface area contributed by atoms with Crippen molar-refractivity contribution in [3.8, 4) is 0 Å². The number of amides is 1. The van der Waals surface area contributed by atoms with Gasteiger partial charge in [0.1, 0.15) is 5.15 Å². The van der Waals surface area contributed by atoms with Gasteiger partial charge in [-0.3, -0.25) is 4.79 Å². The number of pyridine rings is 1. The highest BCUT2D eigenvalue weighted by atomic mass is 35.5. The molecule has 1 aromatic heterocycles. The fraction of sp³-hybridized carbons (Fsp3) is 0.625. The molecule has 0 saturated carbocycles. The summed E-state index contributed by atoms with van der Waals surface area (Å²) in [7, 11) is 4.02. The number of nitrogens with one attached hydrogen (secondary N) is 1. The maximum Gasteiger partial charge on any atom is 0.251 e. The second-order valence-corrected chi connectivity index (χ2v) is 6.47. The molecule has 0 fully saturated rings. The van der Waals surface area contributed by atoms with Crippen LogP contribution in [0.15, 0.2) is 12.1 Å². The smallest absolute Gasteiger partial charge is 0.251 e. The Kier molecular flexibility index (Phi) is 7.12. The molecule has 0 bridgehead atoms. The van der Waals surface area contributed by atoms with Crippen LogP contribution in [0.4, 0.5) is 0 Å². The van der Waals surface area contributed by atoms with Crippen molar-refractivity contribution in [3.63, 3.8) is 0 Å². The van der Waals surface area contributed by atoms with Gasteiger partial charge in [-0.05, 0) is 45.0 Å². The van der Waals surface area contributed by atoms with Gasteiger partial charge >= 0.3 is 0 Å². The maximum absolute atomic E-state index is 12.4. The summed E-state index contributed by atoms with van der Waals surface area (Å²) in [4.78, 5) is 18.7. The van der Waals surface area contributed by atoms with Gasteiger partial charge in [0.2, 0.25) is 0 Å². The first-order chi connectivity index (χ1) is 9.81. The largest absolute Gasteiger partial charge is 0.348 e. The van der Waals surface area contributed by atoms with E-state index in [9.17, 15) is 4.79 Å².